The van der Waals surface area contributed by atoms with Crippen LogP contribution in [0.4, 0.5) is 0 Å². The molecule has 0 saturated carbocycles. The Kier molecular flexibility index (Phi) is 5.09. The first-order valence-electron chi connectivity index (χ1n) is 8.15. The van der Waals surface area contributed by atoms with Gasteiger partial charge in [-0.25, -0.2) is 4.79 Å². The van der Waals surface area contributed by atoms with Crippen molar-refractivity contribution in [3.05, 3.63) is 78.0 Å². The molecule has 2 aromatic carbocycles. The second-order valence-corrected chi connectivity index (χ2v) is 5.48. The van der Waals surface area contributed by atoms with E-state index in [0.29, 0.717) is 23.7 Å². The van der Waals surface area contributed by atoms with E-state index in [1.165, 1.54) is 0 Å². The van der Waals surface area contributed by atoms with Crippen molar-refractivity contribution < 1.29 is 14.3 Å². The summed E-state index contributed by atoms with van der Waals surface area (Å²) in [5.74, 6) is 0.545. The second kappa shape index (κ2) is 7.62. The van der Waals surface area contributed by atoms with Crippen molar-refractivity contribution in [1.29, 1.82) is 0 Å². The Morgan fingerprint density at radius 3 is 2.48 bits per heavy atom. The lowest BCUT2D eigenvalue weighted by molar-refractivity contribution is 0.0731. The molecule has 0 amide bonds. The molecule has 3 aromatic rings. The molecule has 1 heterocycles. The third kappa shape index (κ3) is 3.69. The molecule has 0 atom stereocenters. The van der Waals surface area contributed by atoms with E-state index in [9.17, 15) is 4.79 Å². The Bertz CT molecular complexity index is 875. The number of ether oxygens (including phenoxy) is 2. The van der Waals surface area contributed by atoms with Gasteiger partial charge in [-0.15, -0.1) is 0 Å². The van der Waals surface area contributed by atoms with Gasteiger partial charge in [-0.3, -0.25) is 4.98 Å². The molecule has 4 heteroatoms. The van der Waals surface area contributed by atoms with Gasteiger partial charge in [-0.2, -0.15) is 0 Å². The van der Waals surface area contributed by atoms with Crippen LogP contribution in [-0.2, 0) is 0 Å². The van der Waals surface area contributed by atoms with Gasteiger partial charge in [-0.05, 0) is 49.7 Å². The van der Waals surface area contributed by atoms with E-state index in [0.717, 1.165) is 16.8 Å². The molecule has 0 aliphatic heterocycles. The van der Waals surface area contributed by atoms with Gasteiger partial charge in [0.2, 0.25) is 0 Å². The fourth-order valence-corrected chi connectivity index (χ4v) is 2.64. The van der Waals surface area contributed by atoms with Gasteiger partial charge in [0.25, 0.3) is 0 Å². The van der Waals surface area contributed by atoms with Crippen LogP contribution in [0.25, 0.3) is 11.3 Å². The van der Waals surface area contributed by atoms with Gasteiger partial charge in [0.05, 0.1) is 12.3 Å². The highest BCUT2D eigenvalue weighted by Crippen LogP contribution is 2.32. The van der Waals surface area contributed by atoms with Crippen LogP contribution in [0.15, 0.2) is 66.9 Å². The Balaban J connectivity index is 1.97. The summed E-state index contributed by atoms with van der Waals surface area (Å²) in [6, 6.07) is 18.3. The van der Waals surface area contributed by atoms with E-state index in [-0.39, 0.29) is 0 Å². The van der Waals surface area contributed by atoms with Crippen molar-refractivity contribution in [3.63, 3.8) is 0 Å². The molecule has 0 aliphatic carbocycles. The number of hydrogen-bond acceptors (Lipinski definition) is 4. The number of carbonyl (C=O) groups is 1. The van der Waals surface area contributed by atoms with Crippen LogP contribution in [-0.4, -0.2) is 17.6 Å². The highest BCUT2D eigenvalue weighted by atomic mass is 16.5. The number of para-hydroxylation sites is 1. The molecule has 3 rings (SSSR count). The van der Waals surface area contributed by atoms with Crippen molar-refractivity contribution in [2.75, 3.05) is 6.61 Å². The number of benzene rings is 2. The topological polar surface area (TPSA) is 48.4 Å². The molecule has 0 fully saturated rings. The molecule has 0 radical (unpaired) electrons. The van der Waals surface area contributed by atoms with E-state index >= 15 is 0 Å². The van der Waals surface area contributed by atoms with Crippen LogP contribution >= 0.6 is 0 Å². The zero-order chi connectivity index (χ0) is 17.6. The first-order valence-corrected chi connectivity index (χ1v) is 8.15. The number of nitrogens with zero attached hydrogens (tertiary/aromatic N) is 1. The van der Waals surface area contributed by atoms with E-state index in [1.807, 2.05) is 50.2 Å². The number of hydrogen-bond donors (Lipinski definition) is 0. The zero-order valence-electron chi connectivity index (χ0n) is 14.2. The number of carbonyl (C=O) groups excluding carboxylic acids is 1. The third-order valence-electron chi connectivity index (χ3n) is 3.77. The third-order valence-corrected chi connectivity index (χ3v) is 3.77. The molecule has 0 spiro atoms. The van der Waals surface area contributed by atoms with Gasteiger partial charge in [0, 0.05) is 11.8 Å². The SMILES string of the molecule is CCOc1ccccc1C(=O)Oc1cccc(C)c1-c1ccccn1. The van der Waals surface area contributed by atoms with Crippen molar-refractivity contribution in [2.24, 2.45) is 0 Å². The number of rotatable bonds is 5. The highest BCUT2D eigenvalue weighted by molar-refractivity contribution is 5.95. The average Bonchev–Trinajstić information content (AvgIpc) is 2.63. The second-order valence-electron chi connectivity index (χ2n) is 5.48. The zero-order valence-corrected chi connectivity index (χ0v) is 14.2. The summed E-state index contributed by atoms with van der Waals surface area (Å²) in [5.41, 5.74) is 2.96. The molecule has 0 N–H and O–H groups in total. The lowest BCUT2D eigenvalue weighted by atomic mass is 10.0. The predicted molar refractivity (Wildman–Crippen MR) is 97.0 cm³/mol. The minimum absolute atomic E-state index is 0.401. The van der Waals surface area contributed by atoms with Crippen molar-refractivity contribution >= 4 is 5.97 Å². The molecular weight excluding hydrogens is 314 g/mol. The molecular formula is C21H19NO3. The molecule has 0 unspecified atom stereocenters. The predicted octanol–water partition coefficient (Wildman–Crippen LogP) is 4.67. The Labute approximate surface area is 147 Å². The molecule has 4 nitrogen and oxygen atoms in total. The summed E-state index contributed by atoms with van der Waals surface area (Å²) in [7, 11) is 0. The normalized spacial score (nSPS) is 10.3. The highest BCUT2D eigenvalue weighted by Gasteiger charge is 2.18. The fraction of sp³-hybridized carbons (Fsp3) is 0.143. The number of pyridine rings is 1. The minimum Gasteiger partial charge on any atom is -0.493 e. The van der Waals surface area contributed by atoms with E-state index in [2.05, 4.69) is 4.98 Å². The molecule has 0 saturated heterocycles. The lowest BCUT2D eigenvalue weighted by Gasteiger charge is -2.14. The Morgan fingerprint density at radius 1 is 0.960 bits per heavy atom. The van der Waals surface area contributed by atoms with E-state index in [4.69, 9.17) is 9.47 Å². The van der Waals surface area contributed by atoms with Crippen molar-refractivity contribution in [3.8, 4) is 22.8 Å². The quantitative estimate of drug-likeness (QED) is 0.503. The van der Waals surface area contributed by atoms with E-state index in [1.54, 1.807) is 30.5 Å². The van der Waals surface area contributed by atoms with E-state index < -0.39 is 5.97 Å². The molecule has 1 aromatic heterocycles. The van der Waals surface area contributed by atoms with Gasteiger partial charge >= 0.3 is 5.97 Å². The molecule has 25 heavy (non-hydrogen) atoms. The maximum atomic E-state index is 12.7. The summed E-state index contributed by atoms with van der Waals surface area (Å²) in [5, 5.41) is 0. The van der Waals surface area contributed by atoms with Crippen LogP contribution in [0.1, 0.15) is 22.8 Å². The van der Waals surface area contributed by atoms with Crippen molar-refractivity contribution in [1.82, 2.24) is 4.98 Å². The molecule has 126 valence electrons. The summed E-state index contributed by atoms with van der Waals surface area (Å²) in [6.45, 7) is 4.32. The first-order chi connectivity index (χ1) is 12.2. The van der Waals surface area contributed by atoms with Gasteiger partial charge < -0.3 is 9.47 Å². The standard InChI is InChI=1S/C21H19NO3/c1-3-24-18-12-5-4-10-16(18)21(23)25-19-13-8-9-15(2)20(19)17-11-6-7-14-22-17/h4-14H,3H2,1-2H3. The Hall–Kier alpha value is -3.14. The van der Waals surface area contributed by atoms with Gasteiger partial charge in [-0.1, -0.05) is 30.3 Å². The van der Waals surface area contributed by atoms with Crippen LogP contribution in [0.2, 0.25) is 0 Å². The number of esters is 1. The fourth-order valence-electron chi connectivity index (χ4n) is 2.64. The first kappa shape index (κ1) is 16.7. The largest absolute Gasteiger partial charge is 0.493 e. The maximum absolute atomic E-state index is 12.7. The Morgan fingerprint density at radius 2 is 1.72 bits per heavy atom. The van der Waals surface area contributed by atoms with Crippen molar-refractivity contribution in [2.45, 2.75) is 13.8 Å². The monoisotopic (exact) mass is 333 g/mol. The lowest BCUT2D eigenvalue weighted by Crippen LogP contribution is -2.11. The minimum atomic E-state index is -0.452. The smallest absolute Gasteiger partial charge is 0.347 e. The molecule has 0 bridgehead atoms. The average molecular weight is 333 g/mol. The van der Waals surface area contributed by atoms with Crippen LogP contribution in [0, 0.1) is 6.92 Å². The summed E-state index contributed by atoms with van der Waals surface area (Å²) < 4.78 is 11.2. The summed E-state index contributed by atoms with van der Waals surface area (Å²) >= 11 is 0. The summed E-state index contributed by atoms with van der Waals surface area (Å²) in [6.07, 6.45) is 1.72. The summed E-state index contributed by atoms with van der Waals surface area (Å²) in [4.78, 5) is 17.1. The van der Waals surface area contributed by atoms with Gasteiger partial charge in [0.1, 0.15) is 17.1 Å². The van der Waals surface area contributed by atoms with Crippen LogP contribution < -0.4 is 9.47 Å². The number of aromatic nitrogens is 1. The molecule has 0 aliphatic rings. The van der Waals surface area contributed by atoms with Gasteiger partial charge in [0.15, 0.2) is 0 Å². The number of aryl methyl sites for hydroxylation is 1. The van der Waals surface area contributed by atoms with Crippen LogP contribution in [0.3, 0.4) is 0 Å². The van der Waals surface area contributed by atoms with Crippen LogP contribution in [0.5, 0.6) is 11.5 Å². The maximum Gasteiger partial charge on any atom is 0.347 e.